The Morgan fingerprint density at radius 2 is 0.520 bits per heavy atom. The molecule has 0 amide bonds. The van der Waals surface area contributed by atoms with Crippen LogP contribution >= 0.6 is 23.2 Å². The molecule has 0 spiro atoms. The van der Waals surface area contributed by atoms with Crippen LogP contribution in [0.25, 0.3) is 67.5 Å². The summed E-state index contributed by atoms with van der Waals surface area (Å²) in [5, 5.41) is 0.881. The van der Waals surface area contributed by atoms with Crippen LogP contribution in [-0.4, -0.2) is 19.9 Å². The quantitative estimate of drug-likeness (QED) is 0.164. The first kappa shape index (κ1) is 32.6. The molecule has 0 unspecified atom stereocenters. The fraction of sp³-hybridized carbons (Fsp3) is 0. The maximum Gasteiger partial charge on any atom is 0.161 e. The highest BCUT2D eigenvalue weighted by Gasteiger charge is 2.10. The van der Waals surface area contributed by atoms with E-state index in [-0.39, 0.29) is 0 Å². The summed E-state index contributed by atoms with van der Waals surface area (Å²) in [7, 11) is 0. The van der Waals surface area contributed by atoms with E-state index in [1.165, 1.54) is 11.1 Å². The lowest BCUT2D eigenvalue weighted by Gasteiger charge is -2.07. The zero-order chi connectivity index (χ0) is 34.1. The number of hydrogen-bond donors (Lipinski definition) is 0. The third-order valence-corrected chi connectivity index (χ3v) is 8.42. The second-order valence-electron chi connectivity index (χ2n) is 11.4. The van der Waals surface area contributed by atoms with E-state index in [9.17, 15) is 0 Å². The van der Waals surface area contributed by atoms with Crippen molar-refractivity contribution >= 4 is 23.2 Å². The average Bonchev–Trinajstić information content (AvgIpc) is 3.19. The lowest BCUT2D eigenvalue weighted by molar-refractivity contribution is 1.18. The first-order chi connectivity index (χ1) is 24.6. The number of halogens is 2. The predicted molar refractivity (Wildman–Crippen MR) is 207 cm³/mol. The minimum absolute atomic E-state index is 0.441. The summed E-state index contributed by atoms with van der Waals surface area (Å²) in [4.78, 5) is 18.1. The third kappa shape index (κ3) is 8.01. The van der Waals surface area contributed by atoms with Gasteiger partial charge in [0, 0.05) is 34.4 Å². The van der Waals surface area contributed by atoms with Crippen molar-refractivity contribution in [2.24, 2.45) is 0 Å². The van der Waals surface area contributed by atoms with Crippen molar-refractivity contribution in [3.63, 3.8) is 0 Å². The molecule has 0 aliphatic carbocycles. The van der Waals surface area contributed by atoms with Crippen LogP contribution in [0.3, 0.4) is 0 Å². The van der Waals surface area contributed by atoms with Gasteiger partial charge in [-0.2, -0.15) is 0 Å². The van der Waals surface area contributed by atoms with Crippen LogP contribution in [0.5, 0.6) is 0 Å². The molecule has 0 aliphatic rings. The second-order valence-corrected chi connectivity index (χ2v) is 12.2. The topological polar surface area (TPSA) is 51.6 Å². The number of nitrogens with zero attached hydrogens (tertiary/aromatic N) is 4. The minimum atomic E-state index is 0.441. The van der Waals surface area contributed by atoms with Crippen molar-refractivity contribution in [3.8, 4) is 67.5 Å². The van der Waals surface area contributed by atoms with Gasteiger partial charge in [0.25, 0.3) is 0 Å². The number of rotatable bonds is 6. The minimum Gasteiger partial charge on any atom is -0.228 e. The Labute approximate surface area is 301 Å². The molecule has 0 fully saturated rings. The van der Waals surface area contributed by atoms with Crippen LogP contribution in [0.15, 0.2) is 182 Å². The molecule has 8 rings (SSSR count). The number of benzene rings is 6. The zero-order valence-corrected chi connectivity index (χ0v) is 28.4. The standard InChI is InChI=1S/2C22H15ClN2/c2*23-21-15-20(18-9-5-2-6-10-18)24-22(25-21)19-13-11-17(12-14-19)16-7-3-1-4-8-16/h2*1-15H. The summed E-state index contributed by atoms with van der Waals surface area (Å²) in [6, 6.07) is 60.6. The molecule has 240 valence electrons. The number of hydrogen-bond acceptors (Lipinski definition) is 4. The van der Waals surface area contributed by atoms with Gasteiger partial charge in [-0.15, -0.1) is 0 Å². The van der Waals surface area contributed by atoms with E-state index in [0.29, 0.717) is 22.0 Å². The Morgan fingerprint density at radius 3 is 0.840 bits per heavy atom. The maximum atomic E-state index is 6.23. The van der Waals surface area contributed by atoms with Gasteiger partial charge in [0.15, 0.2) is 11.6 Å². The highest BCUT2D eigenvalue weighted by molar-refractivity contribution is 6.30. The van der Waals surface area contributed by atoms with Crippen LogP contribution in [-0.2, 0) is 0 Å². The van der Waals surface area contributed by atoms with E-state index in [4.69, 9.17) is 23.2 Å². The van der Waals surface area contributed by atoms with Gasteiger partial charge in [0.05, 0.1) is 11.4 Å². The van der Waals surface area contributed by atoms with Gasteiger partial charge >= 0.3 is 0 Å². The molecule has 2 aromatic heterocycles. The molecule has 6 heteroatoms. The van der Waals surface area contributed by atoms with Crippen LogP contribution < -0.4 is 0 Å². The van der Waals surface area contributed by atoms with E-state index in [1.807, 2.05) is 121 Å². The highest BCUT2D eigenvalue weighted by atomic mass is 35.5. The molecule has 50 heavy (non-hydrogen) atoms. The molecule has 0 saturated heterocycles. The third-order valence-electron chi connectivity index (χ3n) is 8.03. The molecule has 4 nitrogen and oxygen atoms in total. The van der Waals surface area contributed by atoms with Gasteiger partial charge in [-0.25, -0.2) is 19.9 Å². The van der Waals surface area contributed by atoms with Crippen LogP contribution in [0.2, 0.25) is 10.3 Å². The molecule has 2 heterocycles. The number of aromatic nitrogens is 4. The Balaban J connectivity index is 0.000000157. The fourth-order valence-corrected chi connectivity index (χ4v) is 5.86. The average molecular weight is 686 g/mol. The van der Waals surface area contributed by atoms with Gasteiger partial charge in [0.2, 0.25) is 0 Å². The second kappa shape index (κ2) is 15.5. The molecule has 6 aromatic carbocycles. The Kier molecular flexibility index (Phi) is 10.1. The SMILES string of the molecule is Clc1cc(-c2ccccc2)nc(-c2ccc(-c3ccccc3)cc2)n1.Clc1cc(-c2ccccc2)nc(-c2ccc(-c3ccccc3)cc2)n1. The smallest absolute Gasteiger partial charge is 0.161 e. The lowest BCUT2D eigenvalue weighted by Crippen LogP contribution is -1.93. The van der Waals surface area contributed by atoms with Crippen molar-refractivity contribution < 1.29 is 0 Å². The predicted octanol–water partition coefficient (Wildman–Crippen LogP) is 12.3. The van der Waals surface area contributed by atoms with Gasteiger partial charge < -0.3 is 0 Å². The molecular weight excluding hydrogens is 655 g/mol. The summed E-state index contributed by atoms with van der Waals surface area (Å²) < 4.78 is 0. The molecule has 0 bridgehead atoms. The Morgan fingerprint density at radius 1 is 0.260 bits per heavy atom. The van der Waals surface area contributed by atoms with Crippen LogP contribution in [0.1, 0.15) is 0 Å². The first-order valence-electron chi connectivity index (χ1n) is 16.1. The molecular formula is C44H30Cl2N4. The van der Waals surface area contributed by atoms with Gasteiger partial charge in [-0.05, 0) is 22.3 Å². The van der Waals surface area contributed by atoms with Crippen molar-refractivity contribution in [2.75, 3.05) is 0 Å². The van der Waals surface area contributed by atoms with Crippen molar-refractivity contribution in [1.29, 1.82) is 0 Å². The van der Waals surface area contributed by atoms with Gasteiger partial charge in [-0.3, -0.25) is 0 Å². The van der Waals surface area contributed by atoms with Crippen LogP contribution in [0, 0.1) is 0 Å². The Bertz CT molecular complexity index is 2130. The Hall–Kier alpha value is -5.94. The summed E-state index contributed by atoms with van der Waals surface area (Å²) in [5.41, 5.74) is 10.3. The summed E-state index contributed by atoms with van der Waals surface area (Å²) in [6.07, 6.45) is 0. The van der Waals surface area contributed by atoms with E-state index < -0.39 is 0 Å². The molecule has 0 atom stereocenters. The summed E-state index contributed by atoms with van der Waals surface area (Å²) >= 11 is 12.5. The van der Waals surface area contributed by atoms with Gasteiger partial charge in [0.1, 0.15) is 10.3 Å². The fourth-order valence-electron chi connectivity index (χ4n) is 5.49. The highest BCUT2D eigenvalue weighted by Crippen LogP contribution is 2.28. The van der Waals surface area contributed by atoms with Crippen molar-refractivity contribution in [1.82, 2.24) is 19.9 Å². The molecule has 0 aliphatic heterocycles. The molecule has 0 saturated carbocycles. The van der Waals surface area contributed by atoms with E-state index in [2.05, 4.69) is 68.5 Å². The summed E-state index contributed by atoms with van der Waals surface area (Å²) in [6.45, 7) is 0. The molecule has 8 aromatic rings. The molecule has 0 N–H and O–H groups in total. The van der Waals surface area contributed by atoms with Crippen molar-refractivity contribution in [2.45, 2.75) is 0 Å². The van der Waals surface area contributed by atoms with E-state index in [1.54, 1.807) is 12.1 Å². The summed E-state index contributed by atoms with van der Waals surface area (Å²) in [5.74, 6) is 1.26. The lowest BCUT2D eigenvalue weighted by atomic mass is 10.0. The zero-order valence-electron chi connectivity index (χ0n) is 26.9. The van der Waals surface area contributed by atoms with E-state index >= 15 is 0 Å². The normalized spacial score (nSPS) is 10.6. The van der Waals surface area contributed by atoms with Crippen molar-refractivity contribution in [3.05, 3.63) is 192 Å². The first-order valence-corrected chi connectivity index (χ1v) is 16.9. The molecule has 0 radical (unpaired) electrons. The van der Waals surface area contributed by atoms with Crippen LogP contribution in [0.4, 0.5) is 0 Å². The van der Waals surface area contributed by atoms with Gasteiger partial charge in [-0.1, -0.05) is 193 Å². The van der Waals surface area contributed by atoms with E-state index in [0.717, 1.165) is 44.8 Å². The largest absolute Gasteiger partial charge is 0.228 e. The monoisotopic (exact) mass is 684 g/mol. The maximum absolute atomic E-state index is 6.23.